The van der Waals surface area contributed by atoms with Crippen LogP contribution in [0.15, 0.2) is 65.3 Å². The zero-order chi connectivity index (χ0) is 24.5. The average molecular weight is 472 g/mol. The number of piperazine rings is 1. The zero-order valence-electron chi connectivity index (χ0n) is 20.1. The van der Waals surface area contributed by atoms with Gasteiger partial charge < -0.3 is 19.1 Å². The van der Waals surface area contributed by atoms with E-state index in [4.69, 9.17) is 4.42 Å². The fourth-order valence-corrected chi connectivity index (χ4v) is 4.78. The topological polar surface area (TPSA) is 74.1 Å². The van der Waals surface area contributed by atoms with E-state index in [2.05, 4.69) is 6.07 Å². The van der Waals surface area contributed by atoms with Crippen molar-refractivity contribution >= 4 is 23.4 Å². The van der Waals surface area contributed by atoms with Crippen LogP contribution in [0.1, 0.15) is 40.3 Å². The summed E-state index contributed by atoms with van der Waals surface area (Å²) in [6.45, 7) is 6.52. The van der Waals surface area contributed by atoms with Gasteiger partial charge in [0.15, 0.2) is 5.76 Å². The van der Waals surface area contributed by atoms with Crippen LogP contribution >= 0.6 is 0 Å². The minimum atomic E-state index is -0.141. The quantitative estimate of drug-likeness (QED) is 0.575. The smallest absolute Gasteiger partial charge is 0.289 e. The second-order valence-electron chi connectivity index (χ2n) is 9.38. The van der Waals surface area contributed by atoms with Crippen molar-refractivity contribution in [1.29, 1.82) is 0 Å². The molecule has 35 heavy (non-hydrogen) atoms. The van der Waals surface area contributed by atoms with E-state index in [-0.39, 0.29) is 23.6 Å². The summed E-state index contributed by atoms with van der Waals surface area (Å²) in [5, 5.41) is 0. The van der Waals surface area contributed by atoms with Gasteiger partial charge in [-0.15, -0.1) is 0 Å². The minimum Gasteiger partial charge on any atom is -0.459 e. The normalized spacial score (nSPS) is 15.5. The van der Waals surface area contributed by atoms with Crippen molar-refractivity contribution in [1.82, 2.24) is 9.80 Å². The summed E-state index contributed by atoms with van der Waals surface area (Å²) < 4.78 is 5.20. The van der Waals surface area contributed by atoms with Crippen LogP contribution in [-0.4, -0.2) is 60.2 Å². The van der Waals surface area contributed by atoms with Gasteiger partial charge >= 0.3 is 0 Å². The number of anilines is 1. The molecule has 0 atom stereocenters. The first-order valence-corrected chi connectivity index (χ1v) is 12.1. The molecule has 180 valence electrons. The van der Waals surface area contributed by atoms with Crippen LogP contribution in [0.4, 0.5) is 5.69 Å². The molecule has 3 amide bonds. The van der Waals surface area contributed by atoms with Crippen LogP contribution in [0.2, 0.25) is 0 Å². The molecule has 0 spiro atoms. The summed E-state index contributed by atoms with van der Waals surface area (Å²) in [5.74, 6) is 0.290. The second kappa shape index (κ2) is 9.41. The molecule has 0 aliphatic carbocycles. The van der Waals surface area contributed by atoms with Crippen molar-refractivity contribution in [2.75, 3.05) is 37.6 Å². The van der Waals surface area contributed by atoms with Crippen LogP contribution in [-0.2, 0) is 11.2 Å². The number of amides is 3. The Morgan fingerprint density at radius 3 is 2.09 bits per heavy atom. The maximum absolute atomic E-state index is 13.0. The largest absolute Gasteiger partial charge is 0.459 e. The molecule has 1 aromatic heterocycles. The number of carbonyl (C=O) groups excluding carboxylic acids is 3. The van der Waals surface area contributed by atoms with Gasteiger partial charge in [-0.3, -0.25) is 14.4 Å². The second-order valence-corrected chi connectivity index (χ2v) is 9.38. The van der Waals surface area contributed by atoms with E-state index in [1.165, 1.54) is 11.8 Å². The fraction of sp³-hybridized carbons (Fsp3) is 0.321. The number of rotatable bonds is 4. The van der Waals surface area contributed by atoms with Crippen LogP contribution in [0.25, 0.3) is 11.1 Å². The lowest BCUT2D eigenvalue weighted by Crippen LogP contribution is -2.50. The summed E-state index contributed by atoms with van der Waals surface area (Å²) >= 11 is 0. The number of fused-ring (bicyclic) bond motifs is 1. The molecule has 2 aliphatic heterocycles. The van der Waals surface area contributed by atoms with Gasteiger partial charge in [-0.2, -0.15) is 0 Å². The Morgan fingerprint density at radius 1 is 0.800 bits per heavy atom. The Labute approximate surface area is 204 Å². The van der Waals surface area contributed by atoms with E-state index >= 15 is 0 Å². The SMILES string of the molecule is CC(C)C(=O)N1CCc2cc(-c3ccc(C(=O)N4CCN(C(=O)c5ccco5)CC4)cc3)ccc21. The van der Waals surface area contributed by atoms with Crippen molar-refractivity contribution < 1.29 is 18.8 Å². The van der Waals surface area contributed by atoms with E-state index in [9.17, 15) is 14.4 Å². The molecule has 7 nitrogen and oxygen atoms in total. The molecule has 3 heterocycles. The Hall–Kier alpha value is -3.87. The lowest BCUT2D eigenvalue weighted by atomic mass is 10.00. The number of nitrogens with zero attached hydrogens (tertiary/aromatic N) is 3. The molecule has 0 bridgehead atoms. The molecule has 5 rings (SSSR count). The van der Waals surface area contributed by atoms with Gasteiger partial charge in [0.25, 0.3) is 11.8 Å². The highest BCUT2D eigenvalue weighted by molar-refractivity contribution is 5.97. The minimum absolute atomic E-state index is 0.0230. The van der Waals surface area contributed by atoms with E-state index in [0.29, 0.717) is 37.5 Å². The predicted molar refractivity (Wildman–Crippen MR) is 133 cm³/mol. The fourth-order valence-electron chi connectivity index (χ4n) is 4.78. The van der Waals surface area contributed by atoms with E-state index in [1.807, 2.05) is 55.1 Å². The number of furan rings is 1. The summed E-state index contributed by atoms with van der Waals surface area (Å²) in [5.41, 5.74) is 4.93. The molecular weight excluding hydrogens is 442 g/mol. The van der Waals surface area contributed by atoms with Crippen LogP contribution in [0.5, 0.6) is 0 Å². The van der Waals surface area contributed by atoms with Gasteiger partial charge in [-0.25, -0.2) is 0 Å². The van der Waals surface area contributed by atoms with Gasteiger partial charge in [0, 0.05) is 49.9 Å². The molecule has 0 radical (unpaired) electrons. The Bertz CT molecular complexity index is 1240. The number of benzene rings is 2. The van der Waals surface area contributed by atoms with Gasteiger partial charge in [0.1, 0.15) is 0 Å². The van der Waals surface area contributed by atoms with E-state index < -0.39 is 0 Å². The summed E-state index contributed by atoms with van der Waals surface area (Å²) in [4.78, 5) is 43.3. The predicted octanol–water partition coefficient (Wildman–Crippen LogP) is 4.09. The molecule has 0 saturated carbocycles. The Kier molecular flexibility index (Phi) is 6.16. The zero-order valence-corrected chi connectivity index (χ0v) is 20.1. The first kappa shape index (κ1) is 22.9. The van der Waals surface area contributed by atoms with Crippen LogP contribution in [0, 0.1) is 5.92 Å². The number of hydrogen-bond donors (Lipinski definition) is 0. The average Bonchev–Trinajstić information content (AvgIpc) is 3.58. The third-order valence-electron chi connectivity index (χ3n) is 6.79. The maximum Gasteiger partial charge on any atom is 0.289 e. The standard InChI is InChI=1S/C28H29N3O4/c1-19(2)26(32)31-12-11-23-18-22(9-10-24(23)31)20-5-7-21(8-6-20)27(33)29-13-15-30(16-14-29)28(34)25-4-3-17-35-25/h3-10,17-19H,11-16H2,1-2H3. The third kappa shape index (κ3) is 4.46. The van der Waals surface area contributed by atoms with Crippen LogP contribution < -0.4 is 4.90 Å². The van der Waals surface area contributed by atoms with Gasteiger partial charge in [0.2, 0.25) is 5.91 Å². The molecule has 0 N–H and O–H groups in total. The molecule has 2 aromatic carbocycles. The highest BCUT2D eigenvalue weighted by Crippen LogP contribution is 2.33. The van der Waals surface area contributed by atoms with Crippen molar-refractivity contribution in [3.63, 3.8) is 0 Å². The maximum atomic E-state index is 13.0. The summed E-state index contributed by atoms with van der Waals surface area (Å²) in [6, 6.07) is 17.2. The molecule has 2 aliphatic rings. The summed E-state index contributed by atoms with van der Waals surface area (Å²) in [7, 11) is 0. The number of carbonyl (C=O) groups is 3. The van der Waals surface area contributed by atoms with Gasteiger partial charge in [0.05, 0.1) is 6.26 Å². The monoisotopic (exact) mass is 471 g/mol. The molecule has 3 aromatic rings. The van der Waals surface area contributed by atoms with Crippen molar-refractivity contribution in [3.05, 3.63) is 77.7 Å². The van der Waals surface area contributed by atoms with Gasteiger partial charge in [-0.05, 0) is 59.5 Å². The summed E-state index contributed by atoms with van der Waals surface area (Å²) in [6.07, 6.45) is 2.34. The lowest BCUT2D eigenvalue weighted by Gasteiger charge is -2.34. The molecule has 0 unspecified atom stereocenters. The van der Waals surface area contributed by atoms with Gasteiger partial charge in [-0.1, -0.05) is 32.0 Å². The third-order valence-corrected chi connectivity index (χ3v) is 6.79. The van der Waals surface area contributed by atoms with Crippen molar-refractivity contribution in [2.24, 2.45) is 5.92 Å². The highest BCUT2D eigenvalue weighted by atomic mass is 16.3. The number of hydrogen-bond acceptors (Lipinski definition) is 4. The van der Waals surface area contributed by atoms with Crippen molar-refractivity contribution in [3.8, 4) is 11.1 Å². The molecule has 1 fully saturated rings. The van der Waals surface area contributed by atoms with E-state index in [0.717, 1.165) is 29.8 Å². The molecule has 1 saturated heterocycles. The molecular formula is C28H29N3O4. The molecule has 7 heteroatoms. The van der Waals surface area contributed by atoms with Crippen LogP contribution in [0.3, 0.4) is 0 Å². The Morgan fingerprint density at radius 2 is 1.46 bits per heavy atom. The highest BCUT2D eigenvalue weighted by Gasteiger charge is 2.28. The lowest BCUT2D eigenvalue weighted by molar-refractivity contribution is -0.121. The van der Waals surface area contributed by atoms with Crippen molar-refractivity contribution in [2.45, 2.75) is 20.3 Å². The first-order valence-electron chi connectivity index (χ1n) is 12.1. The first-order chi connectivity index (χ1) is 16.9. The van der Waals surface area contributed by atoms with E-state index in [1.54, 1.807) is 21.9 Å². The Balaban J connectivity index is 1.23.